The van der Waals surface area contributed by atoms with Crippen molar-refractivity contribution >= 4 is 11.9 Å². The molecule has 0 radical (unpaired) electrons. The van der Waals surface area contributed by atoms with E-state index in [0.717, 1.165) is 37.1 Å². The van der Waals surface area contributed by atoms with Crippen LogP contribution in [0.1, 0.15) is 48.0 Å². The molecule has 1 amide bonds. The van der Waals surface area contributed by atoms with Gasteiger partial charge in [0.25, 0.3) is 0 Å². The van der Waals surface area contributed by atoms with Gasteiger partial charge in [0, 0.05) is 26.3 Å². The smallest absolute Gasteiger partial charge is 0.335 e. The van der Waals surface area contributed by atoms with Crippen molar-refractivity contribution in [2.45, 2.75) is 49.3 Å². The summed E-state index contributed by atoms with van der Waals surface area (Å²) in [4.78, 5) is 27.3. The van der Waals surface area contributed by atoms with Gasteiger partial charge in [0.2, 0.25) is 5.91 Å². The van der Waals surface area contributed by atoms with E-state index in [9.17, 15) is 14.7 Å². The molecule has 2 aromatic carbocycles. The Morgan fingerprint density at radius 3 is 2.33 bits per heavy atom. The number of ether oxygens (including phenoxy) is 2. The molecule has 2 N–H and O–H groups in total. The maximum absolute atomic E-state index is 13.8. The fraction of sp³-hybridized carbons (Fsp3) is 0.462. The number of carbonyl (C=O) groups is 2. The van der Waals surface area contributed by atoms with Crippen LogP contribution in [0, 0.1) is 0 Å². The lowest BCUT2D eigenvalue weighted by molar-refractivity contribution is -0.141. The number of carboxylic acid groups (broad SMARTS) is 1. The number of aromatic carboxylic acids is 1. The van der Waals surface area contributed by atoms with Gasteiger partial charge >= 0.3 is 5.97 Å². The van der Waals surface area contributed by atoms with Crippen LogP contribution in [0.2, 0.25) is 0 Å². The van der Waals surface area contributed by atoms with E-state index < -0.39 is 17.0 Å². The van der Waals surface area contributed by atoms with Crippen LogP contribution in [0.25, 0.3) is 0 Å². The third kappa shape index (κ3) is 4.35. The Morgan fingerprint density at radius 1 is 1.00 bits per heavy atom. The van der Waals surface area contributed by atoms with E-state index in [1.54, 1.807) is 12.1 Å². The zero-order valence-corrected chi connectivity index (χ0v) is 18.7. The Kier molecular flexibility index (Phi) is 5.85. The lowest BCUT2D eigenvalue weighted by Crippen LogP contribution is -2.62. The summed E-state index contributed by atoms with van der Waals surface area (Å²) >= 11 is 0. The molecular weight excluding hydrogens is 420 g/mol. The Hall–Kier alpha value is -2.90. The summed E-state index contributed by atoms with van der Waals surface area (Å²) in [6.07, 6.45) is 3.97. The van der Waals surface area contributed by atoms with Crippen LogP contribution in [0.4, 0.5) is 0 Å². The third-order valence-electron chi connectivity index (χ3n) is 7.33. The van der Waals surface area contributed by atoms with Crippen molar-refractivity contribution in [2.75, 3.05) is 26.3 Å². The van der Waals surface area contributed by atoms with E-state index in [-0.39, 0.29) is 17.6 Å². The van der Waals surface area contributed by atoms with Gasteiger partial charge in [-0.3, -0.25) is 9.69 Å². The molecular formula is C26H30N2O5. The zero-order chi connectivity index (χ0) is 22.9. The van der Waals surface area contributed by atoms with Crippen molar-refractivity contribution in [1.29, 1.82) is 0 Å². The molecule has 1 aliphatic carbocycles. The first-order valence-corrected chi connectivity index (χ1v) is 11.7. The first-order valence-electron chi connectivity index (χ1n) is 11.7. The van der Waals surface area contributed by atoms with Gasteiger partial charge in [0.15, 0.2) is 0 Å². The molecule has 7 nitrogen and oxygen atoms in total. The van der Waals surface area contributed by atoms with Crippen LogP contribution in [-0.2, 0) is 15.1 Å². The largest absolute Gasteiger partial charge is 0.489 e. The minimum Gasteiger partial charge on any atom is -0.489 e. The van der Waals surface area contributed by atoms with E-state index in [1.807, 2.05) is 42.5 Å². The van der Waals surface area contributed by atoms with Crippen LogP contribution in [0.5, 0.6) is 5.75 Å². The van der Waals surface area contributed by atoms with E-state index in [2.05, 4.69) is 10.2 Å². The van der Waals surface area contributed by atoms with Crippen LogP contribution >= 0.6 is 0 Å². The van der Waals surface area contributed by atoms with E-state index in [0.29, 0.717) is 32.6 Å². The molecule has 0 bridgehead atoms. The highest BCUT2D eigenvalue weighted by Gasteiger charge is 2.53. The van der Waals surface area contributed by atoms with Gasteiger partial charge in [-0.2, -0.15) is 0 Å². The maximum atomic E-state index is 13.8. The van der Waals surface area contributed by atoms with Crippen LogP contribution in [0.3, 0.4) is 0 Å². The molecule has 2 aromatic rings. The normalized spacial score (nSPS) is 23.6. The first-order chi connectivity index (χ1) is 16.0. The molecule has 33 heavy (non-hydrogen) atoms. The fourth-order valence-electron chi connectivity index (χ4n) is 5.18. The lowest BCUT2D eigenvalue weighted by atomic mass is 9.86. The Morgan fingerprint density at radius 2 is 1.70 bits per heavy atom. The Balaban J connectivity index is 1.31. The average molecular weight is 451 g/mol. The second-order valence-electron chi connectivity index (χ2n) is 9.35. The number of rotatable bonds is 7. The number of carboxylic acids is 1. The maximum Gasteiger partial charge on any atom is 0.335 e. The lowest BCUT2D eigenvalue weighted by Gasteiger charge is -2.43. The van der Waals surface area contributed by atoms with Crippen LogP contribution in [0.15, 0.2) is 54.6 Å². The minimum atomic E-state index is -0.946. The molecule has 2 heterocycles. The number of para-hydroxylation sites is 1. The van der Waals surface area contributed by atoms with E-state index in [1.165, 1.54) is 0 Å². The summed E-state index contributed by atoms with van der Waals surface area (Å²) < 4.78 is 11.8. The SMILES string of the molecule is O=C(O)c1ccc(C2(NC(=O)C3(N4CC[C@@H](Oc5ccccc5)C4)CCOCC3)CC2)cc1. The van der Waals surface area contributed by atoms with Gasteiger partial charge in [-0.25, -0.2) is 4.79 Å². The van der Waals surface area contributed by atoms with Crippen molar-refractivity contribution in [1.82, 2.24) is 10.2 Å². The molecule has 5 rings (SSSR count). The summed E-state index contributed by atoms with van der Waals surface area (Å²) in [6.45, 7) is 2.65. The van der Waals surface area contributed by atoms with E-state index in [4.69, 9.17) is 9.47 Å². The molecule has 174 valence electrons. The second-order valence-corrected chi connectivity index (χ2v) is 9.35. The van der Waals surface area contributed by atoms with Gasteiger partial charge in [-0.05, 0) is 61.9 Å². The Bertz CT molecular complexity index is 997. The van der Waals surface area contributed by atoms with Gasteiger partial charge in [0.1, 0.15) is 17.4 Å². The number of hydrogen-bond acceptors (Lipinski definition) is 5. The first kappa shape index (κ1) is 21.9. The molecule has 0 aromatic heterocycles. The molecule has 2 aliphatic heterocycles. The van der Waals surface area contributed by atoms with Gasteiger partial charge in [-0.15, -0.1) is 0 Å². The molecule has 0 spiro atoms. The molecule has 7 heteroatoms. The quantitative estimate of drug-likeness (QED) is 0.674. The molecule has 3 aliphatic rings. The second kappa shape index (κ2) is 8.80. The average Bonchev–Trinajstić information content (AvgIpc) is 3.48. The topological polar surface area (TPSA) is 88.1 Å². The summed E-state index contributed by atoms with van der Waals surface area (Å²) in [7, 11) is 0. The number of likely N-dealkylation sites (tertiary alicyclic amines) is 1. The molecule has 2 saturated heterocycles. The molecule has 1 saturated carbocycles. The van der Waals surface area contributed by atoms with E-state index >= 15 is 0 Å². The number of benzene rings is 2. The standard InChI is InChI=1S/C26H30N2O5/c29-23(30)19-6-8-20(9-7-19)25(11-12-25)27-24(31)26(13-16-32-17-14-26)28-15-10-22(18-28)33-21-4-2-1-3-5-21/h1-9,22H,10-18H2,(H,27,31)(H,29,30)/t22-/m1/s1. The summed E-state index contributed by atoms with van der Waals surface area (Å²) in [5.41, 5.74) is 0.209. The van der Waals surface area contributed by atoms with Crippen molar-refractivity contribution in [3.05, 3.63) is 65.7 Å². The van der Waals surface area contributed by atoms with Crippen molar-refractivity contribution in [2.24, 2.45) is 0 Å². The van der Waals surface area contributed by atoms with Crippen molar-refractivity contribution in [3.63, 3.8) is 0 Å². The number of carbonyl (C=O) groups excluding carboxylic acids is 1. The van der Waals surface area contributed by atoms with Gasteiger partial charge < -0.3 is 19.9 Å². The predicted molar refractivity (Wildman–Crippen MR) is 122 cm³/mol. The fourth-order valence-corrected chi connectivity index (χ4v) is 5.18. The summed E-state index contributed by atoms with van der Waals surface area (Å²) in [6, 6.07) is 16.7. The minimum absolute atomic E-state index is 0.0472. The molecule has 0 unspecified atom stereocenters. The number of nitrogens with one attached hydrogen (secondary N) is 1. The highest BCUT2D eigenvalue weighted by atomic mass is 16.5. The van der Waals surface area contributed by atoms with Gasteiger partial charge in [0.05, 0.1) is 11.1 Å². The Labute approximate surface area is 193 Å². The molecule has 3 fully saturated rings. The number of amides is 1. The van der Waals surface area contributed by atoms with Crippen molar-refractivity contribution in [3.8, 4) is 5.75 Å². The number of hydrogen-bond donors (Lipinski definition) is 2. The summed E-state index contributed by atoms with van der Waals surface area (Å²) in [5.74, 6) is -0.0413. The third-order valence-corrected chi connectivity index (χ3v) is 7.33. The van der Waals surface area contributed by atoms with Crippen LogP contribution < -0.4 is 10.1 Å². The molecule has 1 atom stereocenters. The van der Waals surface area contributed by atoms with Gasteiger partial charge in [-0.1, -0.05) is 30.3 Å². The summed E-state index contributed by atoms with van der Waals surface area (Å²) in [5, 5.41) is 12.5. The van der Waals surface area contributed by atoms with Crippen LogP contribution in [-0.4, -0.2) is 59.8 Å². The monoisotopic (exact) mass is 450 g/mol. The number of nitrogens with zero attached hydrogens (tertiary/aromatic N) is 1. The highest BCUT2D eigenvalue weighted by Crippen LogP contribution is 2.46. The highest BCUT2D eigenvalue weighted by molar-refractivity contribution is 5.89. The van der Waals surface area contributed by atoms with Crippen molar-refractivity contribution < 1.29 is 24.2 Å². The zero-order valence-electron chi connectivity index (χ0n) is 18.7. The predicted octanol–water partition coefficient (Wildman–Crippen LogP) is 3.19.